The van der Waals surface area contributed by atoms with E-state index in [4.69, 9.17) is 14.5 Å². The lowest BCUT2D eigenvalue weighted by Gasteiger charge is -2.19. The van der Waals surface area contributed by atoms with E-state index in [9.17, 15) is 4.79 Å². The fourth-order valence-electron chi connectivity index (χ4n) is 3.03. The van der Waals surface area contributed by atoms with Crippen molar-refractivity contribution in [2.45, 2.75) is 6.42 Å². The number of hydrogen-bond donors (Lipinski definition) is 0. The van der Waals surface area contributed by atoms with Crippen molar-refractivity contribution >= 4 is 38.7 Å². The number of amides is 1. The molecule has 1 heterocycles. The molecule has 0 bridgehead atoms. The Hall–Kier alpha value is -2.90. The van der Waals surface area contributed by atoms with Crippen LogP contribution in [-0.4, -0.2) is 57.2 Å². The molecule has 0 atom stereocenters. The van der Waals surface area contributed by atoms with Gasteiger partial charge in [0, 0.05) is 24.8 Å². The SMILES string of the molecule is COc1cc2nc(N(CCCN(C)C)C(=O)/C=C/c3ccccc3)sc2cc1OC. The monoisotopic (exact) mass is 425 g/mol. The summed E-state index contributed by atoms with van der Waals surface area (Å²) in [7, 11) is 7.26. The van der Waals surface area contributed by atoms with Crippen molar-refractivity contribution in [3.05, 3.63) is 54.1 Å². The van der Waals surface area contributed by atoms with Crippen molar-refractivity contribution in [1.82, 2.24) is 9.88 Å². The van der Waals surface area contributed by atoms with Crippen molar-refractivity contribution in [3.8, 4) is 11.5 Å². The molecule has 0 aliphatic heterocycles. The largest absolute Gasteiger partial charge is 0.493 e. The first-order valence-corrected chi connectivity index (χ1v) is 10.6. The van der Waals surface area contributed by atoms with Gasteiger partial charge in [0.15, 0.2) is 16.6 Å². The number of thiazole rings is 1. The molecular weight excluding hydrogens is 398 g/mol. The number of hydrogen-bond acceptors (Lipinski definition) is 6. The second-order valence-corrected chi connectivity index (χ2v) is 8.07. The molecule has 1 aromatic heterocycles. The van der Waals surface area contributed by atoms with Crippen molar-refractivity contribution < 1.29 is 14.3 Å². The van der Waals surface area contributed by atoms with Gasteiger partial charge in [0.1, 0.15) is 0 Å². The summed E-state index contributed by atoms with van der Waals surface area (Å²) in [5.41, 5.74) is 1.77. The van der Waals surface area contributed by atoms with Gasteiger partial charge in [0.05, 0.1) is 24.4 Å². The molecule has 6 nitrogen and oxygen atoms in total. The summed E-state index contributed by atoms with van der Waals surface area (Å²) in [4.78, 5) is 21.6. The number of aromatic nitrogens is 1. The predicted octanol–water partition coefficient (Wildman–Crippen LogP) is 4.31. The van der Waals surface area contributed by atoms with Crippen LogP contribution in [0.5, 0.6) is 11.5 Å². The summed E-state index contributed by atoms with van der Waals surface area (Å²) in [6, 6.07) is 13.5. The second-order valence-electron chi connectivity index (χ2n) is 7.06. The van der Waals surface area contributed by atoms with E-state index >= 15 is 0 Å². The summed E-state index contributed by atoms with van der Waals surface area (Å²) in [6.07, 6.45) is 4.29. The summed E-state index contributed by atoms with van der Waals surface area (Å²) in [6.45, 7) is 1.48. The molecule has 30 heavy (non-hydrogen) atoms. The summed E-state index contributed by atoms with van der Waals surface area (Å²) >= 11 is 1.47. The van der Waals surface area contributed by atoms with Gasteiger partial charge in [-0.3, -0.25) is 9.69 Å². The van der Waals surface area contributed by atoms with Crippen molar-refractivity contribution in [1.29, 1.82) is 0 Å². The maximum atomic E-state index is 13.1. The number of fused-ring (bicyclic) bond motifs is 1. The number of anilines is 1. The molecule has 158 valence electrons. The van der Waals surface area contributed by atoms with Gasteiger partial charge in [-0.25, -0.2) is 4.98 Å². The molecule has 0 unspecified atom stereocenters. The predicted molar refractivity (Wildman–Crippen MR) is 124 cm³/mol. The van der Waals surface area contributed by atoms with Gasteiger partial charge in [0.25, 0.3) is 5.91 Å². The number of ether oxygens (including phenoxy) is 2. The average Bonchev–Trinajstić information content (AvgIpc) is 3.16. The Kier molecular flexibility index (Phi) is 7.43. The van der Waals surface area contributed by atoms with E-state index < -0.39 is 0 Å². The summed E-state index contributed by atoms with van der Waals surface area (Å²) < 4.78 is 11.7. The van der Waals surface area contributed by atoms with Crippen molar-refractivity contribution in [3.63, 3.8) is 0 Å². The fourth-order valence-corrected chi connectivity index (χ4v) is 4.03. The van der Waals surface area contributed by atoms with E-state index in [-0.39, 0.29) is 5.91 Å². The third-order valence-electron chi connectivity index (χ3n) is 4.58. The maximum Gasteiger partial charge on any atom is 0.252 e. The van der Waals surface area contributed by atoms with Crippen LogP contribution in [0.3, 0.4) is 0 Å². The molecule has 0 aliphatic carbocycles. The van der Waals surface area contributed by atoms with Crippen molar-refractivity contribution in [2.75, 3.05) is 46.3 Å². The Labute approximate surface area is 181 Å². The van der Waals surface area contributed by atoms with Crippen LogP contribution in [0.15, 0.2) is 48.5 Å². The zero-order valence-electron chi connectivity index (χ0n) is 17.8. The molecule has 3 aromatic rings. The molecule has 0 saturated heterocycles. The number of nitrogens with zero attached hydrogens (tertiary/aromatic N) is 3. The number of methoxy groups -OCH3 is 2. The number of carbonyl (C=O) groups is 1. The molecule has 0 aliphatic rings. The van der Waals surface area contributed by atoms with E-state index in [1.165, 1.54) is 11.3 Å². The van der Waals surface area contributed by atoms with Crippen LogP contribution < -0.4 is 14.4 Å². The highest BCUT2D eigenvalue weighted by atomic mass is 32.1. The van der Waals surface area contributed by atoms with Gasteiger partial charge < -0.3 is 14.4 Å². The lowest BCUT2D eigenvalue weighted by atomic mass is 10.2. The van der Waals surface area contributed by atoms with Crippen LogP contribution in [0.4, 0.5) is 5.13 Å². The maximum absolute atomic E-state index is 13.1. The lowest BCUT2D eigenvalue weighted by Crippen LogP contribution is -2.32. The molecule has 3 rings (SSSR count). The molecule has 0 N–H and O–H groups in total. The van der Waals surface area contributed by atoms with E-state index in [2.05, 4.69) is 4.90 Å². The van der Waals surface area contributed by atoms with Crippen LogP contribution in [0, 0.1) is 0 Å². The minimum atomic E-state index is -0.0874. The first-order valence-electron chi connectivity index (χ1n) is 9.73. The van der Waals surface area contributed by atoms with E-state index in [0.29, 0.717) is 23.2 Å². The molecule has 0 saturated carbocycles. The smallest absolute Gasteiger partial charge is 0.252 e. The van der Waals surface area contributed by atoms with E-state index in [1.54, 1.807) is 25.2 Å². The lowest BCUT2D eigenvalue weighted by molar-refractivity contribution is -0.114. The van der Waals surface area contributed by atoms with Crippen LogP contribution >= 0.6 is 11.3 Å². The van der Waals surface area contributed by atoms with Gasteiger partial charge in [-0.15, -0.1) is 0 Å². The quantitative estimate of drug-likeness (QED) is 0.478. The number of rotatable bonds is 9. The topological polar surface area (TPSA) is 54.9 Å². The third-order valence-corrected chi connectivity index (χ3v) is 5.63. The minimum Gasteiger partial charge on any atom is -0.493 e. The van der Waals surface area contributed by atoms with Gasteiger partial charge >= 0.3 is 0 Å². The zero-order valence-corrected chi connectivity index (χ0v) is 18.6. The molecule has 0 radical (unpaired) electrons. The van der Waals surface area contributed by atoms with Gasteiger partial charge in [-0.2, -0.15) is 0 Å². The van der Waals surface area contributed by atoms with Crippen LogP contribution in [0.25, 0.3) is 16.3 Å². The summed E-state index contributed by atoms with van der Waals surface area (Å²) in [5.74, 6) is 1.18. The fraction of sp³-hybridized carbons (Fsp3) is 0.304. The highest BCUT2D eigenvalue weighted by molar-refractivity contribution is 7.22. The Balaban J connectivity index is 1.90. The molecule has 1 amide bonds. The first kappa shape index (κ1) is 21.8. The normalized spacial score (nSPS) is 11.4. The Bertz CT molecular complexity index is 974. The molecular formula is C23H27N3O3S. The van der Waals surface area contributed by atoms with Crippen molar-refractivity contribution in [2.24, 2.45) is 0 Å². The molecule has 0 fully saturated rings. The van der Waals surface area contributed by atoms with Crippen LogP contribution in [0.2, 0.25) is 0 Å². The molecule has 7 heteroatoms. The Morgan fingerprint density at radius 2 is 1.77 bits per heavy atom. The highest BCUT2D eigenvalue weighted by Crippen LogP contribution is 2.37. The first-order chi connectivity index (χ1) is 14.5. The average molecular weight is 426 g/mol. The van der Waals surface area contributed by atoms with Gasteiger partial charge in [0.2, 0.25) is 0 Å². The van der Waals surface area contributed by atoms with Crippen LogP contribution in [-0.2, 0) is 4.79 Å². The third kappa shape index (κ3) is 5.37. The zero-order chi connectivity index (χ0) is 21.5. The number of benzene rings is 2. The van der Waals surface area contributed by atoms with Gasteiger partial charge in [-0.1, -0.05) is 41.7 Å². The summed E-state index contributed by atoms with van der Waals surface area (Å²) in [5, 5.41) is 0.668. The van der Waals surface area contributed by atoms with E-state index in [1.807, 2.05) is 62.6 Å². The van der Waals surface area contributed by atoms with E-state index in [0.717, 1.165) is 28.7 Å². The standard InChI is InChI=1S/C23H27N3O3S/c1-25(2)13-8-14-26(22(27)12-11-17-9-6-5-7-10-17)23-24-18-15-19(28-3)20(29-4)16-21(18)30-23/h5-7,9-12,15-16H,8,13-14H2,1-4H3/b12-11+. The van der Waals surface area contributed by atoms with Crippen LogP contribution in [0.1, 0.15) is 12.0 Å². The highest BCUT2D eigenvalue weighted by Gasteiger charge is 2.19. The molecule has 0 spiro atoms. The van der Waals surface area contributed by atoms with Gasteiger partial charge in [-0.05, 0) is 38.7 Å². The Morgan fingerprint density at radius 1 is 1.07 bits per heavy atom. The second kappa shape index (κ2) is 10.2. The number of carbonyl (C=O) groups excluding carboxylic acids is 1. The minimum absolute atomic E-state index is 0.0874. The Morgan fingerprint density at radius 3 is 2.43 bits per heavy atom. The molecule has 2 aromatic carbocycles.